The zero-order chi connectivity index (χ0) is 20.5. The first kappa shape index (κ1) is 21.0. The molecule has 1 amide bonds. The molecule has 0 spiro atoms. The largest absolute Gasteiger partial charge is 0.493 e. The summed E-state index contributed by atoms with van der Waals surface area (Å²) in [5, 5.41) is 0.582. The van der Waals surface area contributed by atoms with Crippen molar-refractivity contribution in [1.29, 1.82) is 0 Å². The summed E-state index contributed by atoms with van der Waals surface area (Å²) >= 11 is 1.42. The van der Waals surface area contributed by atoms with E-state index in [-0.39, 0.29) is 34.6 Å². The fourth-order valence-corrected chi connectivity index (χ4v) is 7.39. The van der Waals surface area contributed by atoms with Crippen molar-refractivity contribution in [2.75, 3.05) is 32.3 Å². The number of amides is 1. The maximum Gasteiger partial charge on any atom is 0.250 e. The molecule has 2 atom stereocenters. The molecule has 2 fully saturated rings. The van der Waals surface area contributed by atoms with E-state index in [1.807, 2.05) is 36.9 Å². The molecule has 2 aliphatic rings. The summed E-state index contributed by atoms with van der Waals surface area (Å²) < 4.78 is 34.8. The van der Waals surface area contributed by atoms with E-state index in [4.69, 9.17) is 9.47 Å². The number of rotatable bonds is 6. The summed E-state index contributed by atoms with van der Waals surface area (Å²) in [4.78, 5) is 18.4. The third-order valence-electron chi connectivity index (χ3n) is 4.96. The van der Waals surface area contributed by atoms with Gasteiger partial charge in [0, 0.05) is 17.7 Å². The molecular formula is C19H26N2O5S2. The second-order valence-corrected chi connectivity index (χ2v) is 10.7. The first-order valence-electron chi connectivity index (χ1n) is 9.21. The van der Waals surface area contributed by atoms with Gasteiger partial charge in [-0.05, 0) is 24.1 Å². The molecule has 0 N–H and O–H groups in total. The molecule has 3 rings (SSSR count). The second-order valence-electron chi connectivity index (χ2n) is 7.32. The summed E-state index contributed by atoms with van der Waals surface area (Å²) in [6.07, 6.45) is 0.680. The van der Waals surface area contributed by atoms with Crippen LogP contribution in [0.15, 0.2) is 23.2 Å². The van der Waals surface area contributed by atoms with Crippen LogP contribution in [0.2, 0.25) is 0 Å². The number of amidine groups is 1. The second kappa shape index (κ2) is 8.32. The average molecular weight is 427 g/mol. The molecule has 1 aromatic rings. The Labute approximate surface area is 170 Å². The van der Waals surface area contributed by atoms with Gasteiger partial charge in [0.25, 0.3) is 5.91 Å². The highest BCUT2D eigenvalue weighted by molar-refractivity contribution is 8.15. The van der Waals surface area contributed by atoms with Crippen LogP contribution in [-0.4, -0.2) is 68.0 Å². The molecule has 9 heteroatoms. The highest BCUT2D eigenvalue weighted by atomic mass is 32.2. The Bertz CT molecular complexity index is 882. The van der Waals surface area contributed by atoms with Crippen LogP contribution in [0.3, 0.4) is 0 Å². The van der Waals surface area contributed by atoms with Gasteiger partial charge in [-0.2, -0.15) is 4.99 Å². The topological polar surface area (TPSA) is 85.3 Å². The van der Waals surface area contributed by atoms with Gasteiger partial charge in [-0.1, -0.05) is 31.7 Å². The van der Waals surface area contributed by atoms with Crippen LogP contribution in [0.4, 0.5) is 0 Å². The number of fused-ring (bicyclic) bond motifs is 1. The number of aliphatic imine (C=N–C) groups is 1. The molecule has 0 radical (unpaired) electrons. The van der Waals surface area contributed by atoms with Crippen molar-refractivity contribution in [1.82, 2.24) is 4.90 Å². The molecule has 2 heterocycles. The van der Waals surface area contributed by atoms with Gasteiger partial charge < -0.3 is 14.4 Å². The minimum Gasteiger partial charge on any atom is -0.493 e. The Morgan fingerprint density at radius 1 is 1.25 bits per heavy atom. The standard InChI is InChI=1S/C19H26N2O5S2/c1-12(2)18(22)20-19-21(14-10-28(23,24)11-17(14)27-19)8-7-13-5-6-15(25-3)16(9-13)26-4/h5-6,9,12,14,17H,7-8,10-11H2,1-4H3/t14-,17+/m1/s1. The van der Waals surface area contributed by atoms with Gasteiger partial charge in [-0.15, -0.1) is 0 Å². The van der Waals surface area contributed by atoms with Crippen molar-refractivity contribution in [2.24, 2.45) is 10.9 Å². The van der Waals surface area contributed by atoms with E-state index in [1.165, 1.54) is 11.8 Å². The number of carbonyl (C=O) groups is 1. The first-order valence-corrected chi connectivity index (χ1v) is 11.9. The Hall–Kier alpha value is -1.74. The summed E-state index contributed by atoms with van der Waals surface area (Å²) in [6, 6.07) is 5.60. The van der Waals surface area contributed by atoms with Crippen molar-refractivity contribution in [2.45, 2.75) is 31.6 Å². The molecule has 2 saturated heterocycles. The number of methoxy groups -OCH3 is 2. The predicted octanol–water partition coefficient (Wildman–Crippen LogP) is 2.00. The lowest BCUT2D eigenvalue weighted by molar-refractivity contribution is -0.120. The molecule has 1 aromatic carbocycles. The number of hydrogen-bond acceptors (Lipinski definition) is 6. The van der Waals surface area contributed by atoms with Gasteiger partial charge in [-0.25, -0.2) is 8.42 Å². The monoisotopic (exact) mass is 426 g/mol. The normalized spacial score (nSPS) is 24.6. The van der Waals surface area contributed by atoms with E-state index in [0.717, 1.165) is 5.56 Å². The highest BCUT2D eigenvalue weighted by Gasteiger charge is 2.48. The van der Waals surface area contributed by atoms with E-state index in [9.17, 15) is 13.2 Å². The van der Waals surface area contributed by atoms with Crippen molar-refractivity contribution in [3.8, 4) is 11.5 Å². The molecule has 7 nitrogen and oxygen atoms in total. The van der Waals surface area contributed by atoms with E-state index < -0.39 is 9.84 Å². The van der Waals surface area contributed by atoms with E-state index >= 15 is 0 Å². The average Bonchev–Trinajstić information content (AvgIpc) is 3.10. The molecule has 2 aliphatic heterocycles. The lowest BCUT2D eigenvalue weighted by Gasteiger charge is -2.24. The summed E-state index contributed by atoms with van der Waals surface area (Å²) in [7, 11) is 0.135. The van der Waals surface area contributed by atoms with Gasteiger partial charge in [0.2, 0.25) is 0 Å². The lowest BCUT2D eigenvalue weighted by atomic mass is 10.1. The molecule has 28 heavy (non-hydrogen) atoms. The third-order valence-corrected chi connectivity index (χ3v) is 8.21. The number of thioether (sulfide) groups is 1. The Morgan fingerprint density at radius 2 is 1.96 bits per heavy atom. The number of ether oxygens (including phenoxy) is 2. The fraction of sp³-hybridized carbons (Fsp3) is 0.579. The number of hydrogen-bond donors (Lipinski definition) is 0. The lowest BCUT2D eigenvalue weighted by Crippen LogP contribution is -2.39. The number of carbonyl (C=O) groups excluding carboxylic acids is 1. The fourth-order valence-electron chi connectivity index (χ4n) is 3.41. The molecule has 0 aromatic heterocycles. The Morgan fingerprint density at radius 3 is 2.61 bits per heavy atom. The minimum atomic E-state index is -3.05. The van der Waals surface area contributed by atoms with Crippen molar-refractivity contribution < 1.29 is 22.7 Å². The number of sulfone groups is 1. The van der Waals surface area contributed by atoms with Gasteiger partial charge in [-0.3, -0.25) is 4.79 Å². The summed E-state index contributed by atoms with van der Waals surface area (Å²) in [5.74, 6) is 1.21. The quantitative estimate of drug-likeness (QED) is 0.688. The number of benzene rings is 1. The molecule has 0 unspecified atom stereocenters. The van der Waals surface area contributed by atoms with Crippen molar-refractivity contribution in [3.63, 3.8) is 0 Å². The van der Waals surface area contributed by atoms with Crippen LogP contribution < -0.4 is 9.47 Å². The van der Waals surface area contributed by atoms with Crippen LogP contribution >= 0.6 is 11.8 Å². The Balaban J connectivity index is 1.80. The zero-order valence-corrected chi connectivity index (χ0v) is 18.2. The van der Waals surface area contributed by atoms with Gasteiger partial charge >= 0.3 is 0 Å². The zero-order valence-electron chi connectivity index (χ0n) is 16.5. The van der Waals surface area contributed by atoms with Gasteiger partial charge in [0.15, 0.2) is 26.5 Å². The number of nitrogens with zero attached hydrogens (tertiary/aromatic N) is 2. The van der Waals surface area contributed by atoms with Gasteiger partial charge in [0.1, 0.15) is 0 Å². The molecule has 0 bridgehead atoms. The molecule has 0 saturated carbocycles. The van der Waals surface area contributed by atoms with Crippen molar-refractivity contribution >= 4 is 32.7 Å². The Kier molecular flexibility index (Phi) is 6.24. The predicted molar refractivity (Wildman–Crippen MR) is 111 cm³/mol. The molecule has 154 valence electrons. The van der Waals surface area contributed by atoms with E-state index in [0.29, 0.717) is 29.6 Å². The first-order chi connectivity index (χ1) is 13.2. The smallest absolute Gasteiger partial charge is 0.250 e. The maximum atomic E-state index is 12.1. The summed E-state index contributed by atoms with van der Waals surface area (Å²) in [6.45, 7) is 4.21. The van der Waals surface area contributed by atoms with Crippen LogP contribution in [0.5, 0.6) is 11.5 Å². The maximum absolute atomic E-state index is 12.1. The van der Waals surface area contributed by atoms with E-state index in [2.05, 4.69) is 4.99 Å². The minimum absolute atomic E-state index is 0.0610. The molecular weight excluding hydrogens is 400 g/mol. The van der Waals surface area contributed by atoms with Crippen LogP contribution in [-0.2, 0) is 21.1 Å². The third kappa shape index (κ3) is 4.46. The van der Waals surface area contributed by atoms with Crippen molar-refractivity contribution in [3.05, 3.63) is 23.8 Å². The summed E-state index contributed by atoms with van der Waals surface area (Å²) in [5.41, 5.74) is 1.04. The SMILES string of the molecule is COc1ccc(CCN2C(=NC(=O)C(C)C)S[C@H]3CS(=O)(=O)C[C@H]32)cc1OC. The van der Waals surface area contributed by atoms with Crippen LogP contribution in [0, 0.1) is 5.92 Å². The van der Waals surface area contributed by atoms with Crippen LogP contribution in [0.25, 0.3) is 0 Å². The van der Waals surface area contributed by atoms with Gasteiger partial charge in [0.05, 0.1) is 31.8 Å². The highest BCUT2D eigenvalue weighted by Crippen LogP contribution is 2.38. The van der Waals surface area contributed by atoms with E-state index in [1.54, 1.807) is 14.2 Å². The van der Waals surface area contributed by atoms with Crippen LogP contribution in [0.1, 0.15) is 19.4 Å². The molecule has 0 aliphatic carbocycles.